The quantitative estimate of drug-likeness (QED) is 0.446. The molecular formula is C31H30N6O4. The Balaban J connectivity index is 1.03. The first-order valence-electron chi connectivity index (χ1n) is 13.8. The molecule has 1 N–H and O–H groups in total. The second-order valence-corrected chi connectivity index (χ2v) is 10.5. The number of rotatable bonds is 7. The number of nitrogens with one attached hydrogen (secondary N) is 1. The van der Waals surface area contributed by atoms with Crippen LogP contribution in [0.2, 0.25) is 0 Å². The predicted molar refractivity (Wildman–Crippen MR) is 150 cm³/mol. The molecule has 0 aliphatic carbocycles. The minimum absolute atomic E-state index is 0.212. The molecule has 3 aliphatic heterocycles. The highest BCUT2D eigenvalue weighted by Gasteiger charge is 2.40. The molecule has 208 valence electrons. The number of nitriles is 1. The Labute approximate surface area is 238 Å². The second-order valence-electron chi connectivity index (χ2n) is 10.5. The largest absolute Gasteiger partial charge is 0.489 e. The Kier molecular flexibility index (Phi) is 7.35. The highest BCUT2D eigenvalue weighted by atomic mass is 16.5. The van der Waals surface area contributed by atoms with Gasteiger partial charge in [0.2, 0.25) is 11.8 Å². The molecule has 3 aliphatic rings. The average molecular weight is 551 g/mol. The molecule has 10 nitrogen and oxygen atoms in total. The van der Waals surface area contributed by atoms with Crippen molar-refractivity contribution in [3.63, 3.8) is 0 Å². The van der Waals surface area contributed by atoms with E-state index in [1.165, 1.54) is 10.5 Å². The molecule has 10 heteroatoms. The molecule has 0 saturated carbocycles. The number of imide groups is 1. The van der Waals surface area contributed by atoms with Gasteiger partial charge < -0.3 is 14.5 Å². The van der Waals surface area contributed by atoms with Crippen molar-refractivity contribution in [1.82, 2.24) is 20.1 Å². The summed E-state index contributed by atoms with van der Waals surface area (Å²) in [5.74, 6) is 0.448. The number of anilines is 1. The fourth-order valence-electron chi connectivity index (χ4n) is 5.71. The van der Waals surface area contributed by atoms with Crippen LogP contribution in [0.15, 0.2) is 60.8 Å². The highest BCUT2D eigenvalue weighted by molar-refractivity contribution is 6.05. The summed E-state index contributed by atoms with van der Waals surface area (Å²) in [5.41, 5.74) is 4.14. The van der Waals surface area contributed by atoms with Crippen molar-refractivity contribution in [3.8, 4) is 11.8 Å². The SMILES string of the molecule is N#Cc1cccnc1N1CCN(Cc2ccc(COc3cccc4c3CN(C3CCC(=O)NC3=O)C4=O)cc2)CC1. The van der Waals surface area contributed by atoms with Gasteiger partial charge in [-0.05, 0) is 41.8 Å². The summed E-state index contributed by atoms with van der Waals surface area (Å²) in [7, 11) is 0. The number of amides is 3. The Bertz CT molecular complexity index is 1520. The predicted octanol–water partition coefficient (Wildman–Crippen LogP) is 2.62. The van der Waals surface area contributed by atoms with Crippen molar-refractivity contribution >= 4 is 23.5 Å². The van der Waals surface area contributed by atoms with Gasteiger partial charge in [0.25, 0.3) is 5.91 Å². The smallest absolute Gasteiger partial charge is 0.255 e. The molecule has 2 aromatic carbocycles. The standard InChI is InChI=1S/C31H30N6O4/c32-17-23-3-2-12-33-29(23)36-15-13-35(14-16-36)18-21-6-8-22(9-7-21)20-41-27-5-1-4-24-25(27)19-37(31(24)40)26-10-11-28(38)34-30(26)39/h1-9,12,26H,10-11,13-16,18-20H2,(H,34,38,39). The highest BCUT2D eigenvalue weighted by Crippen LogP contribution is 2.34. The zero-order valence-corrected chi connectivity index (χ0v) is 22.6. The van der Waals surface area contributed by atoms with E-state index in [1.54, 1.807) is 30.5 Å². The van der Waals surface area contributed by atoms with E-state index in [2.05, 4.69) is 50.4 Å². The normalized spacial score (nSPS) is 19.1. The van der Waals surface area contributed by atoms with Crippen molar-refractivity contribution in [2.45, 2.75) is 38.6 Å². The van der Waals surface area contributed by atoms with Crippen LogP contribution >= 0.6 is 0 Å². The number of carbonyl (C=O) groups excluding carboxylic acids is 3. The topological polar surface area (TPSA) is 119 Å². The number of fused-ring (bicyclic) bond motifs is 1. The molecule has 1 unspecified atom stereocenters. The third kappa shape index (κ3) is 5.49. The molecule has 4 heterocycles. The maximum atomic E-state index is 13.1. The van der Waals surface area contributed by atoms with Gasteiger partial charge in [0.05, 0.1) is 12.1 Å². The summed E-state index contributed by atoms with van der Waals surface area (Å²) in [4.78, 5) is 47.5. The van der Waals surface area contributed by atoms with Gasteiger partial charge in [-0.15, -0.1) is 0 Å². The maximum absolute atomic E-state index is 13.1. The zero-order chi connectivity index (χ0) is 28.3. The summed E-state index contributed by atoms with van der Waals surface area (Å²) in [6, 6.07) is 18.9. The molecule has 1 aromatic heterocycles. The van der Waals surface area contributed by atoms with E-state index in [0.29, 0.717) is 29.9 Å². The number of ether oxygens (including phenoxy) is 1. The summed E-state index contributed by atoms with van der Waals surface area (Å²) >= 11 is 0. The first kappa shape index (κ1) is 26.5. The van der Waals surface area contributed by atoms with Gasteiger partial charge in [-0.1, -0.05) is 30.3 Å². The summed E-state index contributed by atoms with van der Waals surface area (Å²) in [5, 5.41) is 11.7. The molecule has 0 radical (unpaired) electrons. The summed E-state index contributed by atoms with van der Waals surface area (Å²) < 4.78 is 6.15. The molecular weight excluding hydrogens is 520 g/mol. The van der Waals surface area contributed by atoms with Gasteiger partial charge in [0.15, 0.2) is 0 Å². The van der Waals surface area contributed by atoms with Crippen molar-refractivity contribution in [2.75, 3.05) is 31.1 Å². The number of nitrogens with zero attached hydrogens (tertiary/aromatic N) is 5. The fraction of sp³-hybridized carbons (Fsp3) is 0.323. The number of aromatic nitrogens is 1. The lowest BCUT2D eigenvalue weighted by Crippen LogP contribution is -2.52. The van der Waals surface area contributed by atoms with Crippen LogP contribution in [0.5, 0.6) is 5.75 Å². The van der Waals surface area contributed by atoms with Crippen molar-refractivity contribution in [3.05, 3.63) is 88.6 Å². The summed E-state index contributed by atoms with van der Waals surface area (Å²) in [6.07, 6.45) is 2.28. The van der Waals surface area contributed by atoms with Crippen molar-refractivity contribution in [1.29, 1.82) is 5.26 Å². The lowest BCUT2D eigenvalue weighted by molar-refractivity contribution is -0.136. The first-order chi connectivity index (χ1) is 20.0. The van der Waals surface area contributed by atoms with E-state index < -0.39 is 11.9 Å². The average Bonchev–Trinajstić information content (AvgIpc) is 3.33. The number of hydrogen-bond donors (Lipinski definition) is 1. The second kappa shape index (κ2) is 11.4. The minimum Gasteiger partial charge on any atom is -0.489 e. The number of benzene rings is 2. The molecule has 3 amide bonds. The summed E-state index contributed by atoms with van der Waals surface area (Å²) in [6.45, 7) is 4.89. The number of piperazine rings is 1. The number of hydrogen-bond acceptors (Lipinski definition) is 8. The van der Waals surface area contributed by atoms with Crippen LogP contribution in [0.4, 0.5) is 5.82 Å². The maximum Gasteiger partial charge on any atom is 0.255 e. The molecule has 0 bridgehead atoms. The molecule has 6 rings (SSSR count). The Morgan fingerprint density at radius 3 is 2.51 bits per heavy atom. The molecule has 2 saturated heterocycles. The monoisotopic (exact) mass is 550 g/mol. The third-order valence-electron chi connectivity index (χ3n) is 7.94. The van der Waals surface area contributed by atoms with Crippen LogP contribution in [-0.2, 0) is 29.3 Å². The van der Waals surface area contributed by atoms with Crippen LogP contribution in [0.3, 0.4) is 0 Å². The Morgan fingerprint density at radius 2 is 1.76 bits per heavy atom. The van der Waals surface area contributed by atoms with Gasteiger partial charge in [-0.2, -0.15) is 5.26 Å². The van der Waals surface area contributed by atoms with Gasteiger partial charge in [-0.25, -0.2) is 4.98 Å². The number of piperidine rings is 1. The van der Waals surface area contributed by atoms with Gasteiger partial charge in [-0.3, -0.25) is 24.6 Å². The van der Waals surface area contributed by atoms with E-state index in [4.69, 9.17) is 4.74 Å². The zero-order valence-electron chi connectivity index (χ0n) is 22.6. The Hall–Kier alpha value is -4.75. The lowest BCUT2D eigenvalue weighted by atomic mass is 10.0. The Morgan fingerprint density at radius 1 is 0.976 bits per heavy atom. The lowest BCUT2D eigenvalue weighted by Gasteiger charge is -2.35. The van der Waals surface area contributed by atoms with E-state index in [-0.39, 0.29) is 24.8 Å². The van der Waals surface area contributed by atoms with E-state index in [1.807, 2.05) is 6.07 Å². The van der Waals surface area contributed by atoms with Crippen LogP contribution in [0.25, 0.3) is 0 Å². The van der Waals surface area contributed by atoms with E-state index in [9.17, 15) is 19.6 Å². The minimum atomic E-state index is -0.652. The molecule has 2 fully saturated rings. The number of pyridine rings is 1. The van der Waals surface area contributed by atoms with Crippen LogP contribution in [0.1, 0.15) is 45.5 Å². The first-order valence-corrected chi connectivity index (χ1v) is 13.8. The van der Waals surface area contributed by atoms with Crippen molar-refractivity contribution in [2.24, 2.45) is 0 Å². The van der Waals surface area contributed by atoms with Gasteiger partial charge in [0, 0.05) is 56.5 Å². The molecule has 41 heavy (non-hydrogen) atoms. The fourth-order valence-corrected chi connectivity index (χ4v) is 5.71. The van der Waals surface area contributed by atoms with Gasteiger partial charge in [0.1, 0.15) is 30.3 Å². The van der Waals surface area contributed by atoms with Crippen molar-refractivity contribution < 1.29 is 19.1 Å². The van der Waals surface area contributed by atoms with E-state index >= 15 is 0 Å². The van der Waals surface area contributed by atoms with E-state index in [0.717, 1.165) is 49.7 Å². The van der Waals surface area contributed by atoms with Gasteiger partial charge >= 0.3 is 0 Å². The molecule has 0 spiro atoms. The molecule has 3 aromatic rings. The van der Waals surface area contributed by atoms with Crippen LogP contribution < -0.4 is 15.0 Å². The number of carbonyl (C=O) groups is 3. The van der Waals surface area contributed by atoms with Crippen LogP contribution in [0, 0.1) is 11.3 Å². The third-order valence-corrected chi connectivity index (χ3v) is 7.94. The molecule has 1 atom stereocenters. The van der Waals surface area contributed by atoms with Crippen LogP contribution in [-0.4, -0.2) is 64.7 Å².